The van der Waals surface area contributed by atoms with Crippen LogP contribution in [-0.4, -0.2) is 50.2 Å². The molecule has 112 valence electrons. The van der Waals surface area contributed by atoms with Crippen molar-refractivity contribution >= 4 is 16.5 Å². The van der Waals surface area contributed by atoms with Crippen LogP contribution < -0.4 is 10.2 Å². The van der Waals surface area contributed by atoms with Crippen molar-refractivity contribution in [1.29, 1.82) is 0 Å². The predicted molar refractivity (Wildman–Crippen MR) is 85.8 cm³/mol. The summed E-state index contributed by atoms with van der Waals surface area (Å²) < 4.78 is 0. The van der Waals surface area contributed by atoms with E-state index in [9.17, 15) is 0 Å². The summed E-state index contributed by atoms with van der Waals surface area (Å²) in [5, 5.41) is 4.64. The third-order valence-corrected chi connectivity index (χ3v) is 5.96. The van der Waals surface area contributed by atoms with Crippen LogP contribution in [0, 0.1) is 0 Å². The lowest BCUT2D eigenvalue weighted by atomic mass is 9.98. The normalized spacial score (nSPS) is 27.4. The van der Waals surface area contributed by atoms with Gasteiger partial charge in [-0.2, -0.15) is 0 Å². The molecule has 5 heteroatoms. The van der Waals surface area contributed by atoms with Gasteiger partial charge in [-0.25, -0.2) is 4.98 Å². The van der Waals surface area contributed by atoms with Crippen molar-refractivity contribution in [2.24, 2.45) is 0 Å². The predicted octanol–water partition coefficient (Wildman–Crippen LogP) is 2.27. The summed E-state index contributed by atoms with van der Waals surface area (Å²) in [4.78, 5) is 11.3. The molecule has 2 aliphatic rings. The Morgan fingerprint density at radius 3 is 2.95 bits per heavy atom. The van der Waals surface area contributed by atoms with Gasteiger partial charge in [-0.3, -0.25) is 0 Å². The minimum atomic E-state index is 0.464. The molecule has 0 radical (unpaired) electrons. The minimum Gasteiger partial charge on any atom is -0.347 e. The fourth-order valence-corrected chi connectivity index (χ4v) is 4.65. The average molecular weight is 294 g/mol. The Kier molecular flexibility index (Phi) is 4.29. The third-order valence-electron chi connectivity index (χ3n) is 4.74. The van der Waals surface area contributed by atoms with Crippen molar-refractivity contribution < 1.29 is 0 Å². The fourth-order valence-electron chi connectivity index (χ4n) is 3.45. The summed E-state index contributed by atoms with van der Waals surface area (Å²) in [6, 6.07) is 1.08. The van der Waals surface area contributed by atoms with Gasteiger partial charge in [-0.15, -0.1) is 11.3 Å². The topological polar surface area (TPSA) is 31.4 Å². The van der Waals surface area contributed by atoms with Crippen LogP contribution in [0.1, 0.15) is 42.3 Å². The molecule has 1 aromatic rings. The molecule has 0 aromatic carbocycles. The van der Waals surface area contributed by atoms with Crippen LogP contribution in [0.15, 0.2) is 0 Å². The van der Waals surface area contributed by atoms with Crippen LogP contribution >= 0.6 is 11.3 Å². The maximum absolute atomic E-state index is 4.97. The smallest absolute Gasteiger partial charge is 0.185 e. The van der Waals surface area contributed by atoms with Crippen molar-refractivity contribution in [3.63, 3.8) is 0 Å². The molecule has 1 aliphatic heterocycles. The number of aryl methyl sites for hydroxylation is 1. The molecule has 20 heavy (non-hydrogen) atoms. The molecule has 2 heterocycles. The number of nitrogens with one attached hydrogen (secondary N) is 1. The van der Waals surface area contributed by atoms with Gasteiger partial charge in [-0.05, 0) is 52.7 Å². The molecule has 0 saturated carbocycles. The SMILES string of the molecule is CNC1CCCc2sc(N(C)C3CCCN(C)C3)nc21. The van der Waals surface area contributed by atoms with Crippen molar-refractivity contribution in [2.45, 2.75) is 44.2 Å². The third kappa shape index (κ3) is 2.71. The van der Waals surface area contributed by atoms with Crippen molar-refractivity contribution in [2.75, 3.05) is 39.1 Å². The van der Waals surface area contributed by atoms with Gasteiger partial charge in [0.25, 0.3) is 0 Å². The number of piperidine rings is 1. The molecule has 2 atom stereocenters. The highest BCUT2D eigenvalue weighted by molar-refractivity contribution is 7.15. The van der Waals surface area contributed by atoms with Gasteiger partial charge in [0.1, 0.15) is 0 Å². The number of nitrogens with zero attached hydrogens (tertiary/aromatic N) is 3. The second kappa shape index (κ2) is 6.00. The molecule has 1 aliphatic carbocycles. The van der Waals surface area contributed by atoms with Crippen molar-refractivity contribution in [3.8, 4) is 0 Å². The van der Waals surface area contributed by atoms with E-state index < -0.39 is 0 Å². The van der Waals surface area contributed by atoms with Gasteiger partial charge in [0.15, 0.2) is 5.13 Å². The summed E-state index contributed by atoms with van der Waals surface area (Å²) in [5.74, 6) is 0. The second-order valence-electron chi connectivity index (χ2n) is 6.21. The number of fused-ring (bicyclic) bond motifs is 1. The molecule has 0 bridgehead atoms. The Labute approximate surface area is 126 Å². The maximum Gasteiger partial charge on any atom is 0.185 e. The molecule has 1 N–H and O–H groups in total. The zero-order valence-electron chi connectivity index (χ0n) is 12.9. The van der Waals surface area contributed by atoms with E-state index in [1.54, 1.807) is 0 Å². The summed E-state index contributed by atoms with van der Waals surface area (Å²) in [6.45, 7) is 2.40. The Morgan fingerprint density at radius 1 is 1.35 bits per heavy atom. The number of thiazole rings is 1. The first-order valence-corrected chi connectivity index (χ1v) is 8.59. The first-order chi connectivity index (χ1) is 9.69. The van der Waals surface area contributed by atoms with Gasteiger partial charge >= 0.3 is 0 Å². The van der Waals surface area contributed by atoms with Crippen LogP contribution in [-0.2, 0) is 6.42 Å². The molecule has 1 fully saturated rings. The minimum absolute atomic E-state index is 0.464. The van der Waals surface area contributed by atoms with Gasteiger partial charge < -0.3 is 15.1 Å². The summed E-state index contributed by atoms with van der Waals surface area (Å²) in [7, 11) is 6.50. The van der Waals surface area contributed by atoms with E-state index in [1.807, 2.05) is 11.3 Å². The number of rotatable bonds is 3. The lowest BCUT2D eigenvalue weighted by Gasteiger charge is -2.35. The zero-order valence-corrected chi connectivity index (χ0v) is 13.7. The Balaban J connectivity index is 1.78. The summed E-state index contributed by atoms with van der Waals surface area (Å²) >= 11 is 1.91. The fraction of sp³-hybridized carbons (Fsp3) is 0.800. The summed E-state index contributed by atoms with van der Waals surface area (Å²) in [6.07, 6.45) is 6.32. The van der Waals surface area contributed by atoms with E-state index in [0.29, 0.717) is 12.1 Å². The lowest BCUT2D eigenvalue weighted by molar-refractivity contribution is 0.248. The van der Waals surface area contributed by atoms with Gasteiger partial charge in [0.2, 0.25) is 0 Å². The number of likely N-dealkylation sites (tertiary alicyclic amines) is 1. The van der Waals surface area contributed by atoms with Gasteiger partial charge in [0, 0.05) is 24.5 Å². The molecule has 1 aromatic heterocycles. The summed E-state index contributed by atoms with van der Waals surface area (Å²) in [5.41, 5.74) is 1.31. The van der Waals surface area contributed by atoms with E-state index >= 15 is 0 Å². The Bertz CT molecular complexity index is 459. The van der Waals surface area contributed by atoms with Crippen LogP contribution in [0.2, 0.25) is 0 Å². The highest BCUT2D eigenvalue weighted by Crippen LogP contribution is 2.37. The number of aromatic nitrogens is 1. The van der Waals surface area contributed by atoms with E-state index in [4.69, 9.17) is 4.98 Å². The van der Waals surface area contributed by atoms with Crippen molar-refractivity contribution in [3.05, 3.63) is 10.6 Å². The van der Waals surface area contributed by atoms with Crippen LogP contribution in [0.25, 0.3) is 0 Å². The zero-order chi connectivity index (χ0) is 14.1. The average Bonchev–Trinajstić information content (AvgIpc) is 2.90. The number of hydrogen-bond donors (Lipinski definition) is 1. The number of hydrogen-bond acceptors (Lipinski definition) is 5. The molecule has 3 rings (SSSR count). The van der Waals surface area contributed by atoms with Gasteiger partial charge in [0.05, 0.1) is 11.7 Å². The standard InChI is InChI=1S/C15H26N4S/c1-16-12-7-4-8-13-14(12)17-15(20-13)19(3)11-6-5-9-18(2)10-11/h11-12,16H,4-10H2,1-3H3. The van der Waals surface area contributed by atoms with E-state index in [0.717, 1.165) is 6.54 Å². The molecular formula is C15H26N4S. The molecular weight excluding hydrogens is 268 g/mol. The quantitative estimate of drug-likeness (QED) is 0.927. The molecule has 0 amide bonds. The second-order valence-corrected chi connectivity index (χ2v) is 7.27. The molecule has 0 spiro atoms. The monoisotopic (exact) mass is 294 g/mol. The highest BCUT2D eigenvalue weighted by Gasteiger charge is 2.27. The Hall–Kier alpha value is -0.650. The van der Waals surface area contributed by atoms with Crippen LogP contribution in [0.4, 0.5) is 5.13 Å². The first kappa shape index (κ1) is 14.3. The lowest BCUT2D eigenvalue weighted by Crippen LogP contribution is -2.45. The van der Waals surface area contributed by atoms with E-state index in [-0.39, 0.29) is 0 Å². The van der Waals surface area contributed by atoms with Crippen molar-refractivity contribution in [1.82, 2.24) is 15.2 Å². The maximum atomic E-state index is 4.97. The molecule has 1 saturated heterocycles. The van der Waals surface area contributed by atoms with Crippen LogP contribution in [0.5, 0.6) is 0 Å². The molecule has 2 unspecified atom stereocenters. The Morgan fingerprint density at radius 2 is 2.20 bits per heavy atom. The van der Waals surface area contributed by atoms with Crippen LogP contribution in [0.3, 0.4) is 0 Å². The number of anilines is 1. The van der Waals surface area contributed by atoms with E-state index in [2.05, 4.69) is 36.3 Å². The van der Waals surface area contributed by atoms with E-state index in [1.165, 1.54) is 54.4 Å². The first-order valence-electron chi connectivity index (χ1n) is 7.77. The van der Waals surface area contributed by atoms with Gasteiger partial charge in [-0.1, -0.05) is 0 Å². The number of likely N-dealkylation sites (N-methyl/N-ethyl adjacent to an activating group) is 2. The molecule has 4 nitrogen and oxygen atoms in total. The largest absolute Gasteiger partial charge is 0.347 e. The highest BCUT2D eigenvalue weighted by atomic mass is 32.1.